The van der Waals surface area contributed by atoms with E-state index in [2.05, 4.69) is 10.6 Å². The molecule has 0 unspecified atom stereocenters. The van der Waals surface area contributed by atoms with Crippen LogP contribution in [0.2, 0.25) is 0 Å². The molecule has 2 aliphatic rings. The molecule has 2 heterocycles. The summed E-state index contributed by atoms with van der Waals surface area (Å²) in [6.07, 6.45) is 11.8. The Kier molecular flexibility index (Phi) is 14.6. The third kappa shape index (κ3) is 14.3. The van der Waals surface area contributed by atoms with Gasteiger partial charge in [0.05, 0.1) is 0 Å². The van der Waals surface area contributed by atoms with E-state index in [1.807, 2.05) is 18.2 Å². The Morgan fingerprint density at radius 3 is 1.80 bits per heavy atom. The molecule has 0 N–H and O–H groups in total. The molecular weight excluding hydrogens is 278 g/mol. The van der Waals surface area contributed by atoms with Crippen molar-refractivity contribution in [2.75, 3.05) is 19.6 Å². The fourth-order valence-corrected chi connectivity index (χ4v) is 1.11. The molecule has 0 saturated carbocycles. The number of hydrogen-bond donors (Lipinski definition) is 0. The maximum absolute atomic E-state index is 4.73. The van der Waals surface area contributed by atoms with Crippen LogP contribution in [0.15, 0.2) is 24.4 Å². The van der Waals surface area contributed by atoms with Crippen molar-refractivity contribution in [3.63, 3.8) is 0 Å². The van der Waals surface area contributed by atoms with Gasteiger partial charge in [-0.3, -0.25) is 0 Å². The van der Waals surface area contributed by atoms with Crippen LogP contribution in [0.4, 0.5) is 0 Å². The van der Waals surface area contributed by atoms with Crippen LogP contribution in [-0.4, -0.2) is 19.6 Å². The molecule has 0 spiro atoms. The zero-order valence-electron chi connectivity index (χ0n) is 8.54. The molecule has 2 rings (SSSR count). The van der Waals surface area contributed by atoms with E-state index in [0.29, 0.717) is 12.9 Å². The van der Waals surface area contributed by atoms with Crippen molar-refractivity contribution in [2.24, 2.45) is 0 Å². The molecule has 0 aromatic heterocycles. The molecule has 1 fully saturated rings. The first kappa shape index (κ1) is 15.3. The Hall–Kier alpha value is 0.326. The summed E-state index contributed by atoms with van der Waals surface area (Å²) in [4.78, 5) is 0. The van der Waals surface area contributed by atoms with Crippen molar-refractivity contribution in [2.45, 2.75) is 19.3 Å². The van der Waals surface area contributed by atoms with Gasteiger partial charge in [-0.25, -0.2) is 0 Å². The van der Waals surface area contributed by atoms with Gasteiger partial charge in [0.1, 0.15) is 0 Å². The summed E-state index contributed by atoms with van der Waals surface area (Å²) >= 11 is 0.382. The van der Waals surface area contributed by atoms with Gasteiger partial charge >= 0.3 is 33.2 Å². The molecule has 0 aromatic rings. The zero-order valence-corrected chi connectivity index (χ0v) is 11.1. The topological polar surface area (TPSA) is 28.2 Å². The second-order valence-electron chi connectivity index (χ2n) is 2.91. The fraction of sp³-hybridized carbons (Fsp3) is 0.600. The summed E-state index contributed by atoms with van der Waals surface area (Å²) < 4.78 is 0. The normalized spacial score (nSPS) is 18.0. The number of rotatable bonds is 0. The van der Waals surface area contributed by atoms with Gasteiger partial charge in [-0.15, -0.1) is 25.7 Å². The summed E-state index contributed by atoms with van der Waals surface area (Å²) in [5, 5.41) is 8.09. The van der Waals surface area contributed by atoms with Crippen molar-refractivity contribution in [1.29, 1.82) is 0 Å². The Morgan fingerprint density at radius 1 is 1.00 bits per heavy atom. The third-order valence-corrected chi connectivity index (χ3v) is 1.78. The van der Waals surface area contributed by atoms with Crippen LogP contribution >= 0.6 is 20.3 Å². The van der Waals surface area contributed by atoms with Crippen molar-refractivity contribution >= 4 is 20.3 Å². The summed E-state index contributed by atoms with van der Waals surface area (Å²) in [5.41, 5.74) is 0. The molecule has 0 aliphatic carbocycles. The van der Waals surface area contributed by atoms with E-state index < -0.39 is 0 Å². The van der Waals surface area contributed by atoms with Crippen molar-refractivity contribution in [3.05, 3.63) is 35.1 Å². The summed E-state index contributed by atoms with van der Waals surface area (Å²) in [7, 11) is 9.47. The number of halogens is 2. The van der Waals surface area contributed by atoms with E-state index in [0.717, 1.165) is 19.6 Å². The molecule has 2 nitrogen and oxygen atoms in total. The monoisotopic (exact) mass is 293 g/mol. The van der Waals surface area contributed by atoms with E-state index in [9.17, 15) is 0 Å². The number of nitrogens with zero attached hydrogens (tertiary/aromatic N) is 2. The van der Waals surface area contributed by atoms with Crippen molar-refractivity contribution < 1.29 is 12.9 Å². The Bertz CT molecular complexity index is 147. The first-order valence-electron chi connectivity index (χ1n) is 4.87. The summed E-state index contributed by atoms with van der Waals surface area (Å²) in [5.74, 6) is 0. The van der Waals surface area contributed by atoms with E-state index in [1.54, 1.807) is 6.20 Å². The Morgan fingerprint density at radius 2 is 1.67 bits per heavy atom. The van der Waals surface area contributed by atoms with Crippen LogP contribution in [0.25, 0.3) is 10.6 Å². The van der Waals surface area contributed by atoms with E-state index in [-0.39, 0.29) is 0 Å². The molecule has 0 atom stereocenters. The molecule has 15 heavy (non-hydrogen) atoms. The summed E-state index contributed by atoms with van der Waals surface area (Å²) in [6.45, 7) is 3.11. The van der Waals surface area contributed by atoms with Crippen LogP contribution in [0.3, 0.4) is 0 Å². The molecule has 91 valence electrons. The van der Waals surface area contributed by atoms with Crippen LogP contribution in [0.5, 0.6) is 0 Å². The van der Waals surface area contributed by atoms with Crippen molar-refractivity contribution in [1.82, 2.24) is 0 Å². The predicted octanol–water partition coefficient (Wildman–Crippen LogP) is 4.36. The molecule has 2 aliphatic heterocycles. The predicted molar refractivity (Wildman–Crippen MR) is 65.2 cm³/mol. The quantitative estimate of drug-likeness (QED) is 0.635. The van der Waals surface area contributed by atoms with E-state index in [1.165, 1.54) is 19.3 Å². The van der Waals surface area contributed by atoms with Gasteiger partial charge in [-0.05, 0) is 0 Å². The minimum atomic E-state index is 0.382. The minimum absolute atomic E-state index is 0.382. The van der Waals surface area contributed by atoms with Gasteiger partial charge in [0.15, 0.2) is 0 Å². The fourth-order valence-electron chi connectivity index (χ4n) is 1.11. The van der Waals surface area contributed by atoms with E-state index >= 15 is 0 Å². The average Bonchev–Trinajstić information content (AvgIpc) is 2.35. The maximum atomic E-state index is 4.73. The molecule has 0 radical (unpaired) electrons. The molecule has 1 saturated heterocycles. The molecule has 0 bridgehead atoms. The van der Waals surface area contributed by atoms with Gasteiger partial charge in [0.25, 0.3) is 0 Å². The van der Waals surface area contributed by atoms with Gasteiger partial charge in [0, 0.05) is 0 Å². The Balaban J connectivity index is 0.000000210. The molecule has 5 heteroatoms. The number of allylic oxidation sites excluding steroid dienone is 2. The van der Waals surface area contributed by atoms with Gasteiger partial charge in [0.2, 0.25) is 0 Å². The first-order valence-corrected chi connectivity index (χ1v) is 7.73. The third-order valence-electron chi connectivity index (χ3n) is 1.78. The first-order chi connectivity index (χ1) is 7.41. The van der Waals surface area contributed by atoms with Gasteiger partial charge in [-0.1, -0.05) is 31.4 Å². The summed E-state index contributed by atoms with van der Waals surface area (Å²) in [6, 6.07) is 0. The standard InChI is InChI=1S/C5H10N.C5H6N.2ClH.Co/c2*1-2-4-6-5-3-1;;;/h1-5H2;1-4H,5H2;2*1H;/q2*-1;;;+2/p-2. The Labute approximate surface area is 107 Å². The SMILES string of the molecule is C1=CC[N-]C=C1.C1CC[N-]CC1.[Cl][Co][Cl]. The number of hydrogen-bond acceptors (Lipinski definition) is 0. The number of piperidine rings is 1. The van der Waals surface area contributed by atoms with Crippen LogP contribution < -0.4 is 0 Å². The molecular formula is C10H16Cl2CoN2-2. The second-order valence-corrected chi connectivity index (χ2v) is 4.63. The van der Waals surface area contributed by atoms with Crippen LogP contribution in [-0.2, 0) is 12.9 Å². The van der Waals surface area contributed by atoms with Crippen LogP contribution in [0.1, 0.15) is 19.3 Å². The average molecular weight is 294 g/mol. The second kappa shape index (κ2) is 14.3. The van der Waals surface area contributed by atoms with Crippen molar-refractivity contribution in [3.8, 4) is 0 Å². The van der Waals surface area contributed by atoms with E-state index in [4.69, 9.17) is 20.3 Å². The molecule has 0 aromatic carbocycles. The zero-order chi connectivity index (χ0) is 11.2. The molecule has 0 amide bonds. The van der Waals surface area contributed by atoms with Gasteiger partial charge in [-0.2, -0.15) is 6.20 Å². The van der Waals surface area contributed by atoms with Crippen LogP contribution in [0, 0.1) is 0 Å². The van der Waals surface area contributed by atoms with Gasteiger partial charge < -0.3 is 10.6 Å².